The van der Waals surface area contributed by atoms with Crippen LogP contribution in [0.25, 0.3) is 0 Å². The van der Waals surface area contributed by atoms with Gasteiger partial charge in [-0.05, 0) is 31.4 Å². The van der Waals surface area contributed by atoms with E-state index in [4.69, 9.17) is 5.73 Å². The third-order valence-corrected chi connectivity index (χ3v) is 3.42. The van der Waals surface area contributed by atoms with E-state index in [1.54, 1.807) is 0 Å². The zero-order valence-electron chi connectivity index (χ0n) is 10.5. The summed E-state index contributed by atoms with van der Waals surface area (Å²) in [6.45, 7) is 8.86. The molecule has 0 radical (unpaired) electrons. The summed E-state index contributed by atoms with van der Waals surface area (Å²) in [5.41, 5.74) is 10.3. The minimum Gasteiger partial charge on any atom is -0.371 e. The highest BCUT2D eigenvalue weighted by Gasteiger charge is 2.26. The van der Waals surface area contributed by atoms with E-state index >= 15 is 0 Å². The van der Waals surface area contributed by atoms with Crippen LogP contribution < -0.4 is 10.6 Å². The highest BCUT2D eigenvalue weighted by atomic mass is 15.1. The van der Waals surface area contributed by atoms with Crippen molar-refractivity contribution >= 4 is 5.69 Å². The van der Waals surface area contributed by atoms with Gasteiger partial charge in [0, 0.05) is 30.7 Å². The molecule has 0 bridgehead atoms. The van der Waals surface area contributed by atoms with Crippen LogP contribution in [-0.2, 0) is 6.42 Å². The normalized spacial score (nSPS) is 21.0. The second-order valence-electron chi connectivity index (χ2n) is 4.98. The van der Waals surface area contributed by atoms with Crippen molar-refractivity contribution in [2.45, 2.75) is 39.2 Å². The van der Waals surface area contributed by atoms with Gasteiger partial charge in [0.25, 0.3) is 0 Å². The first-order valence-corrected chi connectivity index (χ1v) is 6.25. The van der Waals surface area contributed by atoms with Crippen LogP contribution in [0.3, 0.4) is 0 Å². The largest absolute Gasteiger partial charge is 0.371 e. The summed E-state index contributed by atoms with van der Waals surface area (Å²) < 4.78 is 0. The van der Waals surface area contributed by atoms with Crippen molar-refractivity contribution in [3.8, 4) is 0 Å². The maximum atomic E-state index is 5.92. The fraction of sp³-hybridized carbons (Fsp3) is 0.571. The van der Waals surface area contributed by atoms with Gasteiger partial charge in [-0.2, -0.15) is 0 Å². The molecule has 2 heteroatoms. The molecule has 1 aromatic carbocycles. The van der Waals surface area contributed by atoms with Gasteiger partial charge in [0.15, 0.2) is 0 Å². The minimum absolute atomic E-state index is 0.237. The van der Waals surface area contributed by atoms with E-state index in [-0.39, 0.29) is 6.04 Å². The van der Waals surface area contributed by atoms with Crippen molar-refractivity contribution < 1.29 is 0 Å². The summed E-state index contributed by atoms with van der Waals surface area (Å²) in [6, 6.07) is 6.90. The van der Waals surface area contributed by atoms with Crippen LogP contribution in [0.2, 0.25) is 0 Å². The Kier molecular flexibility index (Phi) is 3.20. The van der Waals surface area contributed by atoms with Crippen LogP contribution in [0, 0.1) is 0 Å². The van der Waals surface area contributed by atoms with E-state index in [1.807, 2.05) is 0 Å². The lowest BCUT2D eigenvalue weighted by atomic mass is 9.98. The zero-order valence-corrected chi connectivity index (χ0v) is 10.5. The number of fused-ring (bicyclic) bond motifs is 1. The molecule has 88 valence electrons. The van der Waals surface area contributed by atoms with Gasteiger partial charge in [-0.15, -0.1) is 0 Å². The molecule has 1 heterocycles. The zero-order chi connectivity index (χ0) is 11.7. The van der Waals surface area contributed by atoms with E-state index in [0.29, 0.717) is 5.92 Å². The Morgan fingerprint density at radius 1 is 1.50 bits per heavy atom. The molecular weight excluding hydrogens is 196 g/mol. The van der Waals surface area contributed by atoms with E-state index < -0.39 is 0 Å². The first kappa shape index (κ1) is 11.5. The van der Waals surface area contributed by atoms with E-state index in [9.17, 15) is 0 Å². The molecule has 0 spiro atoms. The molecule has 2 rings (SSSR count). The molecule has 0 fully saturated rings. The number of hydrogen-bond donors (Lipinski definition) is 1. The molecule has 0 saturated heterocycles. The Balaban J connectivity index is 2.41. The molecule has 1 aromatic rings. The molecule has 2 nitrogen and oxygen atoms in total. The van der Waals surface area contributed by atoms with Crippen molar-refractivity contribution in [2.75, 3.05) is 18.0 Å². The van der Waals surface area contributed by atoms with Gasteiger partial charge in [-0.25, -0.2) is 0 Å². The quantitative estimate of drug-likeness (QED) is 0.844. The number of anilines is 1. The summed E-state index contributed by atoms with van der Waals surface area (Å²) in [5.74, 6) is 0.656. The lowest BCUT2D eigenvalue weighted by molar-refractivity contribution is 0.732. The fourth-order valence-electron chi connectivity index (χ4n) is 2.71. The van der Waals surface area contributed by atoms with Gasteiger partial charge >= 0.3 is 0 Å². The Morgan fingerprint density at radius 2 is 2.25 bits per heavy atom. The molecule has 0 amide bonds. The Hall–Kier alpha value is -1.02. The average molecular weight is 218 g/mol. The summed E-state index contributed by atoms with van der Waals surface area (Å²) in [6.07, 6.45) is 0.979. The molecule has 1 aliphatic heterocycles. The van der Waals surface area contributed by atoms with Gasteiger partial charge in [0.05, 0.1) is 0 Å². The average Bonchev–Trinajstić information content (AvgIpc) is 2.56. The number of benzene rings is 1. The second-order valence-corrected chi connectivity index (χ2v) is 4.98. The first-order chi connectivity index (χ1) is 7.63. The van der Waals surface area contributed by atoms with Gasteiger partial charge in [-0.3, -0.25) is 0 Å². The number of rotatable bonds is 3. The Labute approximate surface area is 98.4 Å². The standard InChI is InChI=1S/C14H22N2/c1-4-16-9-10(2)13-7-5-6-12(14(13)16)8-11(3)15/h5-7,10-11H,4,8-9,15H2,1-3H3. The number of likely N-dealkylation sites (N-methyl/N-ethyl adjacent to an activating group) is 1. The van der Waals surface area contributed by atoms with Crippen LogP contribution in [0.5, 0.6) is 0 Å². The monoisotopic (exact) mass is 218 g/mol. The summed E-state index contributed by atoms with van der Waals surface area (Å²) in [5, 5.41) is 0. The van der Waals surface area contributed by atoms with Crippen LogP contribution in [0.1, 0.15) is 37.8 Å². The summed E-state index contributed by atoms with van der Waals surface area (Å²) in [4.78, 5) is 2.48. The van der Waals surface area contributed by atoms with Crippen molar-refractivity contribution in [2.24, 2.45) is 5.73 Å². The molecule has 2 atom stereocenters. The van der Waals surface area contributed by atoms with Gasteiger partial charge < -0.3 is 10.6 Å². The van der Waals surface area contributed by atoms with Crippen molar-refractivity contribution in [3.63, 3.8) is 0 Å². The molecular formula is C14H22N2. The smallest absolute Gasteiger partial charge is 0.0435 e. The number of nitrogens with zero attached hydrogens (tertiary/aromatic N) is 1. The maximum Gasteiger partial charge on any atom is 0.0435 e. The molecule has 0 saturated carbocycles. The third-order valence-electron chi connectivity index (χ3n) is 3.42. The summed E-state index contributed by atoms with van der Waals surface area (Å²) >= 11 is 0. The third kappa shape index (κ3) is 1.94. The van der Waals surface area contributed by atoms with E-state index in [2.05, 4.69) is 43.9 Å². The molecule has 2 unspecified atom stereocenters. The van der Waals surface area contributed by atoms with Gasteiger partial charge in [-0.1, -0.05) is 25.1 Å². The highest BCUT2D eigenvalue weighted by Crippen LogP contribution is 2.38. The van der Waals surface area contributed by atoms with Crippen LogP contribution in [0.15, 0.2) is 18.2 Å². The van der Waals surface area contributed by atoms with Gasteiger partial charge in [0.1, 0.15) is 0 Å². The predicted molar refractivity (Wildman–Crippen MR) is 70.1 cm³/mol. The predicted octanol–water partition coefficient (Wildman–Crippen LogP) is 2.52. The summed E-state index contributed by atoms with van der Waals surface area (Å²) in [7, 11) is 0. The van der Waals surface area contributed by atoms with Crippen LogP contribution in [-0.4, -0.2) is 19.1 Å². The molecule has 2 N–H and O–H groups in total. The second kappa shape index (κ2) is 4.46. The van der Waals surface area contributed by atoms with Crippen LogP contribution >= 0.6 is 0 Å². The molecule has 0 aliphatic carbocycles. The van der Waals surface area contributed by atoms with Gasteiger partial charge in [0.2, 0.25) is 0 Å². The van der Waals surface area contributed by atoms with E-state index in [1.165, 1.54) is 16.8 Å². The van der Waals surface area contributed by atoms with Crippen LogP contribution in [0.4, 0.5) is 5.69 Å². The topological polar surface area (TPSA) is 29.3 Å². The number of para-hydroxylation sites is 1. The maximum absolute atomic E-state index is 5.92. The Morgan fingerprint density at radius 3 is 2.88 bits per heavy atom. The SMILES string of the molecule is CCN1CC(C)c2cccc(CC(C)N)c21. The van der Waals surface area contributed by atoms with Crippen molar-refractivity contribution in [1.29, 1.82) is 0 Å². The first-order valence-electron chi connectivity index (χ1n) is 6.25. The highest BCUT2D eigenvalue weighted by molar-refractivity contribution is 5.65. The number of nitrogens with two attached hydrogens (primary N) is 1. The minimum atomic E-state index is 0.237. The van der Waals surface area contributed by atoms with E-state index in [0.717, 1.165) is 19.5 Å². The molecule has 0 aromatic heterocycles. The van der Waals surface area contributed by atoms with Crippen molar-refractivity contribution in [3.05, 3.63) is 29.3 Å². The molecule has 1 aliphatic rings. The van der Waals surface area contributed by atoms with Crippen molar-refractivity contribution in [1.82, 2.24) is 0 Å². The Bertz CT molecular complexity index is 371. The lowest BCUT2D eigenvalue weighted by Gasteiger charge is -2.21. The lowest BCUT2D eigenvalue weighted by Crippen LogP contribution is -2.23. The fourth-order valence-corrected chi connectivity index (χ4v) is 2.71. The molecule has 16 heavy (non-hydrogen) atoms. The number of hydrogen-bond acceptors (Lipinski definition) is 2.